The first kappa shape index (κ1) is 14.0. The average Bonchev–Trinajstić information content (AvgIpc) is 3.20. The lowest BCUT2D eigenvalue weighted by atomic mass is 10.0. The van der Waals surface area contributed by atoms with Gasteiger partial charge in [-0.2, -0.15) is 5.10 Å². The van der Waals surface area contributed by atoms with Gasteiger partial charge in [0.25, 0.3) is 5.91 Å². The van der Waals surface area contributed by atoms with Crippen molar-refractivity contribution in [2.45, 2.75) is 25.3 Å². The van der Waals surface area contributed by atoms with Crippen molar-refractivity contribution in [3.8, 4) is 0 Å². The molecule has 0 radical (unpaired) electrons. The number of H-pyrrole nitrogens is 1. The molecule has 1 aromatic carbocycles. The molecule has 0 saturated carbocycles. The van der Waals surface area contributed by atoms with Crippen molar-refractivity contribution >= 4 is 16.9 Å². The summed E-state index contributed by atoms with van der Waals surface area (Å²) in [4.78, 5) is 22.8. The number of aromatic amines is 1. The largest absolute Gasteiger partial charge is 0.340 e. The van der Waals surface area contributed by atoms with Crippen LogP contribution in [0.25, 0.3) is 11.0 Å². The highest BCUT2D eigenvalue weighted by molar-refractivity contribution is 5.92. The monoisotopic (exact) mass is 309 g/mol. The summed E-state index contributed by atoms with van der Waals surface area (Å²) in [6, 6.07) is 9.73. The molecule has 3 heterocycles. The number of imidazole rings is 1. The molecule has 2 aromatic heterocycles. The minimum atomic E-state index is -0.0178. The van der Waals surface area contributed by atoms with Crippen molar-refractivity contribution < 1.29 is 4.79 Å². The number of hydrogen-bond donors (Lipinski definition) is 1. The summed E-state index contributed by atoms with van der Waals surface area (Å²) in [5.41, 5.74) is 2.45. The predicted octanol–water partition coefficient (Wildman–Crippen LogP) is 2.66. The van der Waals surface area contributed by atoms with Gasteiger partial charge in [-0.25, -0.2) is 4.98 Å². The second kappa shape index (κ2) is 5.53. The molecule has 23 heavy (non-hydrogen) atoms. The molecule has 0 unspecified atom stereocenters. The van der Waals surface area contributed by atoms with Crippen LogP contribution in [0.5, 0.6) is 0 Å². The molecule has 0 aliphatic carbocycles. The van der Waals surface area contributed by atoms with E-state index in [9.17, 15) is 4.79 Å². The Morgan fingerprint density at radius 3 is 2.91 bits per heavy atom. The maximum Gasteiger partial charge on any atom is 0.274 e. The summed E-state index contributed by atoms with van der Waals surface area (Å²) >= 11 is 0. The highest BCUT2D eigenvalue weighted by Crippen LogP contribution is 2.31. The Hall–Kier alpha value is -2.63. The van der Waals surface area contributed by atoms with Crippen LogP contribution in [-0.4, -0.2) is 37.1 Å². The van der Waals surface area contributed by atoms with E-state index in [1.54, 1.807) is 16.9 Å². The molecule has 0 spiro atoms. The molecule has 6 nitrogen and oxygen atoms in total. The van der Waals surface area contributed by atoms with Crippen molar-refractivity contribution in [1.82, 2.24) is 24.6 Å². The van der Waals surface area contributed by atoms with Crippen molar-refractivity contribution in [2.75, 3.05) is 6.54 Å². The van der Waals surface area contributed by atoms with Gasteiger partial charge in [0, 0.05) is 19.8 Å². The molecule has 3 aromatic rings. The maximum atomic E-state index is 12.8. The van der Waals surface area contributed by atoms with Gasteiger partial charge in [0.1, 0.15) is 11.5 Å². The molecule has 118 valence electrons. The number of amides is 1. The predicted molar refractivity (Wildman–Crippen MR) is 86.9 cm³/mol. The van der Waals surface area contributed by atoms with Crippen LogP contribution in [0.3, 0.4) is 0 Å². The first-order chi connectivity index (χ1) is 11.2. The number of aryl methyl sites for hydroxylation is 1. The van der Waals surface area contributed by atoms with Crippen molar-refractivity contribution in [3.05, 3.63) is 48.0 Å². The third-order valence-electron chi connectivity index (χ3n) is 4.42. The minimum absolute atomic E-state index is 0.00865. The van der Waals surface area contributed by atoms with E-state index in [1.165, 1.54) is 0 Å². The minimum Gasteiger partial charge on any atom is -0.340 e. The fourth-order valence-corrected chi connectivity index (χ4v) is 3.27. The lowest BCUT2D eigenvalue weighted by Gasteiger charge is -2.34. The summed E-state index contributed by atoms with van der Waals surface area (Å²) in [5.74, 6) is 0.853. The summed E-state index contributed by atoms with van der Waals surface area (Å²) < 4.78 is 1.66. The van der Waals surface area contributed by atoms with E-state index in [-0.39, 0.29) is 11.9 Å². The quantitative estimate of drug-likeness (QED) is 0.791. The van der Waals surface area contributed by atoms with Crippen LogP contribution in [0.15, 0.2) is 36.5 Å². The Labute approximate surface area is 134 Å². The topological polar surface area (TPSA) is 66.8 Å². The Balaban J connectivity index is 1.68. The summed E-state index contributed by atoms with van der Waals surface area (Å²) in [5, 5.41) is 4.25. The maximum absolute atomic E-state index is 12.8. The third kappa shape index (κ3) is 2.50. The molecular formula is C17H19N5O. The fourth-order valence-electron chi connectivity index (χ4n) is 3.27. The summed E-state index contributed by atoms with van der Waals surface area (Å²) in [6.45, 7) is 0.747. The van der Waals surface area contributed by atoms with Gasteiger partial charge in [0.2, 0.25) is 0 Å². The molecule has 1 amide bonds. The molecule has 1 fully saturated rings. The number of nitrogens with zero attached hydrogens (tertiary/aromatic N) is 4. The van der Waals surface area contributed by atoms with E-state index in [0.29, 0.717) is 5.69 Å². The van der Waals surface area contributed by atoms with Crippen LogP contribution in [0.1, 0.15) is 41.6 Å². The van der Waals surface area contributed by atoms with E-state index < -0.39 is 0 Å². The lowest BCUT2D eigenvalue weighted by Crippen LogP contribution is -2.39. The number of rotatable bonds is 2. The van der Waals surface area contributed by atoms with E-state index in [1.807, 2.05) is 36.2 Å². The first-order valence-electron chi connectivity index (χ1n) is 7.97. The number of likely N-dealkylation sites (tertiary alicyclic amines) is 1. The van der Waals surface area contributed by atoms with Crippen LogP contribution in [-0.2, 0) is 7.05 Å². The summed E-state index contributed by atoms with van der Waals surface area (Å²) in [6.07, 6.45) is 4.86. The molecule has 1 saturated heterocycles. The number of para-hydroxylation sites is 2. The van der Waals surface area contributed by atoms with Gasteiger partial charge in [0.05, 0.1) is 17.1 Å². The number of carbonyl (C=O) groups excluding carboxylic acids is 1. The van der Waals surface area contributed by atoms with E-state index in [4.69, 9.17) is 4.98 Å². The Bertz CT molecular complexity index is 816. The van der Waals surface area contributed by atoms with Gasteiger partial charge >= 0.3 is 0 Å². The first-order valence-corrected chi connectivity index (χ1v) is 7.97. The number of hydrogen-bond acceptors (Lipinski definition) is 3. The average molecular weight is 309 g/mol. The molecule has 1 N–H and O–H groups in total. The normalized spacial score (nSPS) is 18.5. The molecule has 0 bridgehead atoms. The number of benzene rings is 1. The van der Waals surface area contributed by atoms with E-state index in [2.05, 4.69) is 10.1 Å². The van der Waals surface area contributed by atoms with Crippen molar-refractivity contribution in [3.63, 3.8) is 0 Å². The van der Waals surface area contributed by atoms with E-state index >= 15 is 0 Å². The Kier molecular flexibility index (Phi) is 3.37. The number of fused-ring (bicyclic) bond motifs is 1. The smallest absolute Gasteiger partial charge is 0.274 e. The third-order valence-corrected chi connectivity index (χ3v) is 4.42. The van der Waals surface area contributed by atoms with Crippen LogP contribution < -0.4 is 0 Å². The molecule has 1 aliphatic heterocycles. The SMILES string of the molecule is Cn1ccc(C(=O)N2CCCC[C@@H]2c2nc3ccccc3[nH]2)n1. The standard InChI is InChI=1S/C17H19N5O/c1-21-11-9-14(20-21)17(23)22-10-5-4-8-15(22)16-18-12-6-2-3-7-13(12)19-16/h2-3,6-7,9,11,15H,4-5,8,10H2,1H3,(H,18,19)/t15-/m1/s1. The molecule has 6 heteroatoms. The van der Waals surface area contributed by atoms with Crippen molar-refractivity contribution in [2.24, 2.45) is 7.05 Å². The second-order valence-electron chi connectivity index (χ2n) is 6.02. The van der Waals surface area contributed by atoms with Crippen LogP contribution in [0.2, 0.25) is 0 Å². The van der Waals surface area contributed by atoms with Crippen LogP contribution in [0.4, 0.5) is 0 Å². The lowest BCUT2D eigenvalue weighted by molar-refractivity contribution is 0.0594. The number of carbonyl (C=O) groups is 1. The molecular weight excluding hydrogens is 290 g/mol. The molecule has 1 atom stereocenters. The fraction of sp³-hybridized carbons (Fsp3) is 0.353. The zero-order valence-corrected chi connectivity index (χ0v) is 13.1. The zero-order chi connectivity index (χ0) is 15.8. The van der Waals surface area contributed by atoms with Gasteiger partial charge in [-0.3, -0.25) is 9.48 Å². The molecule has 4 rings (SSSR count). The van der Waals surface area contributed by atoms with E-state index in [0.717, 1.165) is 42.7 Å². The number of nitrogens with one attached hydrogen (secondary N) is 1. The van der Waals surface area contributed by atoms with Crippen molar-refractivity contribution in [1.29, 1.82) is 0 Å². The van der Waals surface area contributed by atoms with Gasteiger partial charge < -0.3 is 9.88 Å². The van der Waals surface area contributed by atoms with Crippen LogP contribution >= 0.6 is 0 Å². The Morgan fingerprint density at radius 2 is 2.13 bits per heavy atom. The molecule has 1 aliphatic rings. The zero-order valence-electron chi connectivity index (χ0n) is 13.1. The van der Waals surface area contributed by atoms with Gasteiger partial charge in [0.15, 0.2) is 0 Å². The highest BCUT2D eigenvalue weighted by atomic mass is 16.2. The van der Waals surface area contributed by atoms with Gasteiger partial charge in [-0.15, -0.1) is 0 Å². The highest BCUT2D eigenvalue weighted by Gasteiger charge is 2.31. The number of aromatic nitrogens is 4. The number of piperidine rings is 1. The van der Waals surface area contributed by atoms with Crippen LogP contribution in [0, 0.1) is 0 Å². The van der Waals surface area contributed by atoms with Gasteiger partial charge in [-0.1, -0.05) is 12.1 Å². The van der Waals surface area contributed by atoms with Gasteiger partial charge in [-0.05, 0) is 37.5 Å². The second-order valence-corrected chi connectivity index (χ2v) is 6.02. The Morgan fingerprint density at radius 1 is 1.26 bits per heavy atom. The summed E-state index contributed by atoms with van der Waals surface area (Å²) in [7, 11) is 1.82.